The number of thiophene rings is 1. The summed E-state index contributed by atoms with van der Waals surface area (Å²) in [5.74, 6) is 0.988. The number of rotatable bonds is 11. The third kappa shape index (κ3) is 5.08. The zero-order valence-corrected chi connectivity index (χ0v) is 21.5. The third-order valence-corrected chi connectivity index (χ3v) is 8.12. The maximum atomic E-state index is 6.04. The van der Waals surface area contributed by atoms with Gasteiger partial charge in [0.25, 0.3) is 0 Å². The maximum absolute atomic E-state index is 6.04. The predicted octanol–water partition coefficient (Wildman–Crippen LogP) is 10.4. The first-order chi connectivity index (χ1) is 16.7. The SMILES string of the molecule is CCCCCCOc1ccc2cc3c(cc2c1)sc1cc2ccc(CCCCCC)cc2cc13. The molecule has 1 heterocycles. The zero-order chi connectivity index (χ0) is 23.3. The number of unbranched alkanes of at least 4 members (excludes halogenated alkanes) is 6. The summed E-state index contributed by atoms with van der Waals surface area (Å²) in [5, 5.41) is 8.02. The van der Waals surface area contributed by atoms with Crippen molar-refractivity contribution in [2.24, 2.45) is 0 Å². The molecule has 0 saturated carbocycles. The highest BCUT2D eigenvalue weighted by atomic mass is 32.1. The van der Waals surface area contributed by atoms with E-state index in [1.165, 1.54) is 98.6 Å². The number of benzene rings is 4. The molecule has 2 heteroatoms. The Kier molecular flexibility index (Phi) is 7.35. The Balaban J connectivity index is 1.43. The minimum absolute atomic E-state index is 0.809. The van der Waals surface area contributed by atoms with E-state index in [1.54, 1.807) is 0 Å². The Bertz CT molecular complexity index is 1410. The van der Waals surface area contributed by atoms with Crippen LogP contribution in [0.1, 0.15) is 70.8 Å². The molecule has 5 rings (SSSR count). The molecular weight excluding hydrogens is 432 g/mol. The number of hydrogen-bond acceptors (Lipinski definition) is 2. The summed E-state index contributed by atoms with van der Waals surface area (Å²) in [6.45, 7) is 5.33. The van der Waals surface area contributed by atoms with E-state index in [1.807, 2.05) is 11.3 Å². The molecule has 34 heavy (non-hydrogen) atoms. The van der Waals surface area contributed by atoms with Gasteiger partial charge in [-0.2, -0.15) is 0 Å². The largest absolute Gasteiger partial charge is 0.494 e. The van der Waals surface area contributed by atoms with Gasteiger partial charge in [-0.05, 0) is 82.8 Å². The predicted molar refractivity (Wildman–Crippen MR) is 152 cm³/mol. The van der Waals surface area contributed by atoms with Gasteiger partial charge in [0.15, 0.2) is 0 Å². The van der Waals surface area contributed by atoms with E-state index in [-0.39, 0.29) is 0 Å². The second-order valence-corrected chi connectivity index (χ2v) is 10.8. The minimum atomic E-state index is 0.809. The molecule has 1 nitrogen and oxygen atoms in total. The van der Waals surface area contributed by atoms with Crippen molar-refractivity contribution in [2.75, 3.05) is 6.61 Å². The van der Waals surface area contributed by atoms with Crippen LogP contribution in [0.5, 0.6) is 5.75 Å². The van der Waals surface area contributed by atoms with Gasteiger partial charge in [-0.25, -0.2) is 0 Å². The van der Waals surface area contributed by atoms with Gasteiger partial charge in [0.1, 0.15) is 5.75 Å². The van der Waals surface area contributed by atoms with Crippen LogP contribution < -0.4 is 4.74 Å². The van der Waals surface area contributed by atoms with E-state index >= 15 is 0 Å². The summed E-state index contributed by atoms with van der Waals surface area (Å²) in [7, 11) is 0. The molecule has 5 aromatic rings. The Morgan fingerprint density at radius 2 is 1.24 bits per heavy atom. The highest BCUT2D eigenvalue weighted by Crippen LogP contribution is 2.39. The molecule has 0 radical (unpaired) electrons. The Morgan fingerprint density at radius 1 is 0.588 bits per heavy atom. The van der Waals surface area contributed by atoms with E-state index in [2.05, 4.69) is 74.5 Å². The fourth-order valence-electron chi connectivity index (χ4n) is 5.01. The molecule has 176 valence electrons. The number of aryl methyl sites for hydroxylation is 1. The van der Waals surface area contributed by atoms with Gasteiger partial charge in [0.05, 0.1) is 6.61 Å². The fourth-order valence-corrected chi connectivity index (χ4v) is 6.18. The summed E-state index contributed by atoms with van der Waals surface area (Å²) >= 11 is 1.91. The molecule has 0 aliphatic carbocycles. The van der Waals surface area contributed by atoms with Crippen molar-refractivity contribution >= 4 is 53.1 Å². The minimum Gasteiger partial charge on any atom is -0.494 e. The highest BCUT2D eigenvalue weighted by molar-refractivity contribution is 7.26. The molecule has 0 unspecified atom stereocenters. The molecule has 0 aliphatic rings. The fraction of sp³-hybridized carbons (Fsp3) is 0.375. The zero-order valence-electron chi connectivity index (χ0n) is 20.7. The normalized spacial score (nSPS) is 11.8. The van der Waals surface area contributed by atoms with Crippen molar-refractivity contribution in [3.05, 3.63) is 66.2 Å². The first kappa shape index (κ1) is 23.2. The highest BCUT2D eigenvalue weighted by Gasteiger charge is 2.10. The van der Waals surface area contributed by atoms with Crippen molar-refractivity contribution in [2.45, 2.75) is 71.6 Å². The standard InChI is InChI=1S/C32H36OS/c1-3-5-7-9-11-23-12-13-25-21-31-30(20-26(25)17-23)29-19-24-14-15-28(33-16-10-8-6-4-2)18-27(24)22-32(29)34-31/h12-15,17-22H,3-11,16H2,1-2H3. The number of fused-ring (bicyclic) bond motifs is 5. The molecule has 0 aliphatic heterocycles. The summed E-state index contributed by atoms with van der Waals surface area (Å²) in [5.41, 5.74) is 1.47. The van der Waals surface area contributed by atoms with Crippen molar-refractivity contribution < 1.29 is 4.74 Å². The third-order valence-electron chi connectivity index (χ3n) is 7.01. The van der Waals surface area contributed by atoms with Crippen LogP contribution in [0.15, 0.2) is 60.7 Å². The Morgan fingerprint density at radius 3 is 2.03 bits per heavy atom. The van der Waals surface area contributed by atoms with Crippen LogP contribution in [0.3, 0.4) is 0 Å². The van der Waals surface area contributed by atoms with Crippen LogP contribution in [0.2, 0.25) is 0 Å². The molecule has 4 aromatic carbocycles. The van der Waals surface area contributed by atoms with Gasteiger partial charge in [0.2, 0.25) is 0 Å². The van der Waals surface area contributed by atoms with E-state index in [9.17, 15) is 0 Å². The topological polar surface area (TPSA) is 9.23 Å². The quantitative estimate of drug-likeness (QED) is 0.175. The number of ether oxygens (including phenoxy) is 1. The maximum Gasteiger partial charge on any atom is 0.119 e. The summed E-state index contributed by atoms with van der Waals surface area (Å²) in [6, 6.07) is 23.1. The Hall–Kier alpha value is -2.58. The molecular formula is C32H36OS. The van der Waals surface area contributed by atoms with E-state index < -0.39 is 0 Å². The molecule has 0 fully saturated rings. The van der Waals surface area contributed by atoms with E-state index in [0.717, 1.165) is 18.8 Å². The van der Waals surface area contributed by atoms with Crippen LogP contribution in [-0.2, 0) is 6.42 Å². The lowest BCUT2D eigenvalue weighted by Gasteiger charge is -2.07. The van der Waals surface area contributed by atoms with Gasteiger partial charge in [-0.3, -0.25) is 0 Å². The van der Waals surface area contributed by atoms with Crippen molar-refractivity contribution in [3.8, 4) is 5.75 Å². The lowest BCUT2D eigenvalue weighted by atomic mass is 10.00. The van der Waals surface area contributed by atoms with Crippen LogP contribution in [0.25, 0.3) is 41.7 Å². The van der Waals surface area contributed by atoms with E-state index in [0.29, 0.717) is 0 Å². The van der Waals surface area contributed by atoms with Gasteiger partial charge >= 0.3 is 0 Å². The molecule has 0 spiro atoms. The Labute approximate surface area is 207 Å². The van der Waals surface area contributed by atoms with Crippen LogP contribution >= 0.6 is 11.3 Å². The average Bonchev–Trinajstić information content (AvgIpc) is 3.19. The first-order valence-electron chi connectivity index (χ1n) is 13.2. The van der Waals surface area contributed by atoms with Gasteiger partial charge in [0, 0.05) is 20.2 Å². The van der Waals surface area contributed by atoms with Crippen molar-refractivity contribution in [1.29, 1.82) is 0 Å². The number of hydrogen-bond donors (Lipinski definition) is 0. The van der Waals surface area contributed by atoms with Crippen molar-refractivity contribution in [1.82, 2.24) is 0 Å². The molecule has 0 amide bonds. The molecule has 0 N–H and O–H groups in total. The second-order valence-electron chi connectivity index (χ2n) is 9.71. The van der Waals surface area contributed by atoms with Gasteiger partial charge in [-0.1, -0.05) is 76.6 Å². The summed E-state index contributed by atoms with van der Waals surface area (Å²) in [6.07, 6.45) is 11.4. The van der Waals surface area contributed by atoms with Crippen LogP contribution in [-0.4, -0.2) is 6.61 Å². The first-order valence-corrected chi connectivity index (χ1v) is 14.0. The lowest BCUT2D eigenvalue weighted by Crippen LogP contribution is -1.96. The van der Waals surface area contributed by atoms with Crippen molar-refractivity contribution in [3.63, 3.8) is 0 Å². The monoisotopic (exact) mass is 468 g/mol. The van der Waals surface area contributed by atoms with Gasteiger partial charge < -0.3 is 4.74 Å². The smallest absolute Gasteiger partial charge is 0.119 e. The molecule has 0 bridgehead atoms. The summed E-state index contributed by atoms with van der Waals surface area (Å²) in [4.78, 5) is 0. The van der Waals surface area contributed by atoms with Crippen LogP contribution in [0, 0.1) is 0 Å². The molecule has 0 atom stereocenters. The summed E-state index contributed by atoms with van der Waals surface area (Å²) < 4.78 is 8.77. The molecule has 1 aromatic heterocycles. The van der Waals surface area contributed by atoms with Crippen LogP contribution in [0.4, 0.5) is 0 Å². The van der Waals surface area contributed by atoms with Gasteiger partial charge in [-0.15, -0.1) is 11.3 Å². The molecule has 0 saturated heterocycles. The van der Waals surface area contributed by atoms with E-state index in [4.69, 9.17) is 4.74 Å². The second kappa shape index (κ2) is 10.8. The lowest BCUT2D eigenvalue weighted by molar-refractivity contribution is 0.305. The average molecular weight is 469 g/mol.